The van der Waals surface area contributed by atoms with Crippen LogP contribution in [0.25, 0.3) is 21.8 Å². The lowest BCUT2D eigenvalue weighted by Crippen LogP contribution is -2.34. The molecule has 2 aliphatic rings. The summed E-state index contributed by atoms with van der Waals surface area (Å²) in [5.41, 5.74) is 4.96. The summed E-state index contributed by atoms with van der Waals surface area (Å²) in [4.78, 5) is 41.5. The van der Waals surface area contributed by atoms with Crippen molar-refractivity contribution in [3.8, 4) is 5.75 Å². The Morgan fingerprint density at radius 2 is 1.89 bits per heavy atom. The number of ether oxygens (including phenoxy) is 1. The first-order valence-electron chi connectivity index (χ1n) is 12.8. The van der Waals surface area contributed by atoms with Crippen LogP contribution in [0, 0.1) is 5.92 Å². The zero-order valence-electron chi connectivity index (χ0n) is 22.2. The zero-order valence-corrected chi connectivity index (χ0v) is 22.2. The van der Waals surface area contributed by atoms with Crippen molar-refractivity contribution < 1.29 is 14.3 Å². The molecule has 2 aliphatic heterocycles. The highest BCUT2D eigenvalue weighted by atomic mass is 16.5. The van der Waals surface area contributed by atoms with Crippen LogP contribution < -0.4 is 15.6 Å². The SMILES string of the molecule is COc1ccc2cc(C3C4=C(CN(C(C)=O)C4=O)Nc4cccc5c4c3cn5CC(C)C)c(=O)n(C)c2c1. The molecule has 6 rings (SSSR count). The molecule has 2 aromatic heterocycles. The third kappa shape index (κ3) is 3.47. The lowest BCUT2D eigenvalue weighted by atomic mass is 9.84. The fourth-order valence-corrected chi connectivity index (χ4v) is 5.94. The molecule has 8 heteroatoms. The minimum atomic E-state index is -0.640. The number of benzene rings is 2. The van der Waals surface area contributed by atoms with E-state index in [1.165, 1.54) is 11.8 Å². The first-order valence-corrected chi connectivity index (χ1v) is 12.8. The molecular formula is C30H30N4O4. The second-order valence-corrected chi connectivity index (χ2v) is 10.6. The number of nitrogens with zero attached hydrogens (tertiary/aromatic N) is 3. The Bertz CT molecular complexity index is 1760. The van der Waals surface area contributed by atoms with Gasteiger partial charge in [0.1, 0.15) is 5.75 Å². The number of imide groups is 1. The van der Waals surface area contributed by atoms with Crippen LogP contribution in [0.4, 0.5) is 5.69 Å². The molecule has 0 saturated heterocycles. The third-order valence-corrected chi connectivity index (χ3v) is 7.65. The molecule has 0 bridgehead atoms. The number of anilines is 1. The van der Waals surface area contributed by atoms with Crippen molar-refractivity contribution in [2.75, 3.05) is 19.0 Å². The van der Waals surface area contributed by atoms with Crippen LogP contribution in [0.5, 0.6) is 5.75 Å². The van der Waals surface area contributed by atoms with E-state index < -0.39 is 5.92 Å². The van der Waals surface area contributed by atoms with Gasteiger partial charge >= 0.3 is 0 Å². The number of carbonyl (C=O) groups is 2. The van der Waals surface area contributed by atoms with E-state index in [4.69, 9.17) is 4.74 Å². The van der Waals surface area contributed by atoms with Crippen LogP contribution in [0.1, 0.15) is 37.8 Å². The van der Waals surface area contributed by atoms with Crippen LogP contribution in [0.2, 0.25) is 0 Å². The fourth-order valence-electron chi connectivity index (χ4n) is 5.94. The maximum Gasteiger partial charge on any atom is 0.259 e. The van der Waals surface area contributed by atoms with Crippen molar-refractivity contribution in [2.45, 2.75) is 33.2 Å². The predicted molar refractivity (Wildman–Crippen MR) is 147 cm³/mol. The van der Waals surface area contributed by atoms with Gasteiger partial charge in [-0.05, 0) is 47.2 Å². The molecule has 2 aromatic carbocycles. The summed E-state index contributed by atoms with van der Waals surface area (Å²) < 4.78 is 9.20. The molecule has 0 aliphatic carbocycles. The highest BCUT2D eigenvalue weighted by Gasteiger charge is 2.42. The number of hydrogen-bond donors (Lipinski definition) is 1. The molecule has 8 nitrogen and oxygen atoms in total. The molecule has 194 valence electrons. The number of fused-ring (bicyclic) bond motifs is 1. The van der Waals surface area contributed by atoms with E-state index in [0.29, 0.717) is 28.5 Å². The number of rotatable bonds is 4. The Balaban J connectivity index is 1.68. The van der Waals surface area contributed by atoms with E-state index >= 15 is 0 Å². The Morgan fingerprint density at radius 1 is 1.11 bits per heavy atom. The number of methoxy groups -OCH3 is 1. The Kier molecular flexibility index (Phi) is 5.45. The van der Waals surface area contributed by atoms with Crippen LogP contribution >= 0.6 is 0 Å². The average molecular weight is 511 g/mol. The summed E-state index contributed by atoms with van der Waals surface area (Å²) in [6.07, 6.45) is 2.08. The number of carbonyl (C=O) groups excluding carboxylic acids is 2. The molecule has 0 spiro atoms. The average Bonchev–Trinajstić information content (AvgIpc) is 3.36. The molecule has 0 fully saturated rings. The van der Waals surface area contributed by atoms with E-state index in [1.54, 1.807) is 18.7 Å². The second kappa shape index (κ2) is 8.62. The van der Waals surface area contributed by atoms with Crippen molar-refractivity contribution in [1.82, 2.24) is 14.0 Å². The molecular weight excluding hydrogens is 480 g/mol. The van der Waals surface area contributed by atoms with Crippen molar-refractivity contribution in [1.29, 1.82) is 0 Å². The first-order chi connectivity index (χ1) is 18.2. The fraction of sp³-hybridized carbons (Fsp3) is 0.300. The molecule has 1 atom stereocenters. The quantitative estimate of drug-likeness (QED) is 0.441. The first kappa shape index (κ1) is 24.0. The molecule has 4 aromatic rings. The maximum atomic E-state index is 14.0. The van der Waals surface area contributed by atoms with E-state index in [-0.39, 0.29) is 23.9 Å². The van der Waals surface area contributed by atoms with Gasteiger partial charge in [-0.25, -0.2) is 0 Å². The van der Waals surface area contributed by atoms with Gasteiger partial charge in [0.2, 0.25) is 5.91 Å². The molecule has 2 amide bonds. The summed E-state index contributed by atoms with van der Waals surface area (Å²) in [6, 6.07) is 13.6. The van der Waals surface area contributed by atoms with E-state index in [1.807, 2.05) is 36.4 Å². The van der Waals surface area contributed by atoms with Gasteiger partial charge in [-0.1, -0.05) is 19.9 Å². The summed E-state index contributed by atoms with van der Waals surface area (Å²) in [7, 11) is 3.33. The molecule has 1 unspecified atom stereocenters. The highest BCUT2D eigenvalue weighted by molar-refractivity contribution is 6.11. The van der Waals surface area contributed by atoms with Crippen LogP contribution in [0.3, 0.4) is 0 Å². The summed E-state index contributed by atoms with van der Waals surface area (Å²) >= 11 is 0. The van der Waals surface area contributed by atoms with Gasteiger partial charge in [-0.2, -0.15) is 0 Å². The minimum absolute atomic E-state index is 0.151. The summed E-state index contributed by atoms with van der Waals surface area (Å²) in [5.74, 6) is -0.263. The van der Waals surface area contributed by atoms with Gasteiger partial charge in [0.05, 0.1) is 30.3 Å². The number of nitrogens with one attached hydrogen (secondary N) is 1. The Morgan fingerprint density at radius 3 is 2.61 bits per heavy atom. The van der Waals surface area contributed by atoms with Crippen molar-refractivity contribution in [2.24, 2.45) is 13.0 Å². The van der Waals surface area contributed by atoms with Crippen molar-refractivity contribution in [3.63, 3.8) is 0 Å². The Hall–Kier alpha value is -4.33. The van der Waals surface area contributed by atoms with Gasteiger partial charge in [0.25, 0.3) is 11.5 Å². The van der Waals surface area contributed by atoms with Gasteiger partial charge in [-0.15, -0.1) is 0 Å². The van der Waals surface area contributed by atoms with Gasteiger partial charge in [0, 0.05) is 61.0 Å². The van der Waals surface area contributed by atoms with Gasteiger partial charge < -0.3 is 19.2 Å². The summed E-state index contributed by atoms with van der Waals surface area (Å²) in [6.45, 7) is 6.67. The minimum Gasteiger partial charge on any atom is -0.497 e. The summed E-state index contributed by atoms with van der Waals surface area (Å²) in [5, 5.41) is 5.34. The topological polar surface area (TPSA) is 85.6 Å². The third-order valence-electron chi connectivity index (χ3n) is 7.65. The van der Waals surface area contributed by atoms with E-state index in [9.17, 15) is 14.4 Å². The molecule has 0 saturated carbocycles. The second-order valence-electron chi connectivity index (χ2n) is 10.6. The molecule has 1 N–H and O–H groups in total. The molecule has 0 radical (unpaired) electrons. The lowest BCUT2D eigenvalue weighted by molar-refractivity contribution is -0.139. The van der Waals surface area contributed by atoms with Crippen LogP contribution in [-0.2, 0) is 23.2 Å². The molecule has 4 heterocycles. The van der Waals surface area contributed by atoms with Gasteiger partial charge in [0.15, 0.2) is 0 Å². The highest BCUT2D eigenvalue weighted by Crippen LogP contribution is 2.46. The number of amides is 2. The van der Waals surface area contributed by atoms with Crippen LogP contribution in [0.15, 0.2) is 64.7 Å². The number of aromatic nitrogens is 2. The van der Waals surface area contributed by atoms with Gasteiger partial charge in [-0.3, -0.25) is 19.3 Å². The Labute approximate surface area is 220 Å². The van der Waals surface area contributed by atoms with Crippen molar-refractivity contribution in [3.05, 3.63) is 81.4 Å². The van der Waals surface area contributed by atoms with E-state index in [2.05, 4.69) is 36.0 Å². The normalized spacial score (nSPS) is 16.8. The predicted octanol–water partition coefficient (Wildman–Crippen LogP) is 4.36. The lowest BCUT2D eigenvalue weighted by Gasteiger charge is -2.20. The zero-order chi connectivity index (χ0) is 26.9. The van der Waals surface area contributed by atoms with E-state index in [0.717, 1.165) is 39.6 Å². The maximum absolute atomic E-state index is 14.0. The number of aryl methyl sites for hydroxylation is 1. The van der Waals surface area contributed by atoms with Crippen molar-refractivity contribution >= 4 is 39.3 Å². The largest absolute Gasteiger partial charge is 0.497 e. The smallest absolute Gasteiger partial charge is 0.259 e. The number of pyridine rings is 1. The van der Waals surface area contributed by atoms with Crippen LogP contribution in [-0.4, -0.2) is 39.5 Å². The molecule has 38 heavy (non-hydrogen) atoms. The monoisotopic (exact) mass is 510 g/mol. The standard InChI is InChI=1S/C30H30N4O4/c1-16(2)13-33-14-21-26(20-11-18-9-10-19(38-5)12-25(18)32(4)29(20)36)28-23(15-34(17(3)35)30(28)37)31-22-7-6-8-24(33)27(21)22/h6-12,14,16,26,31H,13,15H2,1-5H3. The number of hydrogen-bond acceptors (Lipinski definition) is 5.